The lowest BCUT2D eigenvalue weighted by atomic mass is 9.87. The zero-order chi connectivity index (χ0) is 25.4. The van der Waals surface area contributed by atoms with E-state index in [-0.39, 0.29) is 30.4 Å². The fourth-order valence-corrected chi connectivity index (χ4v) is 4.84. The van der Waals surface area contributed by atoms with E-state index in [1.54, 1.807) is 30.0 Å². The molecule has 2 aliphatic rings. The summed E-state index contributed by atoms with van der Waals surface area (Å²) in [6.45, 7) is 7.62. The second-order valence-corrected chi connectivity index (χ2v) is 9.90. The van der Waals surface area contributed by atoms with Gasteiger partial charge >= 0.3 is 0 Å². The van der Waals surface area contributed by atoms with Gasteiger partial charge in [-0.2, -0.15) is 0 Å². The second kappa shape index (κ2) is 9.34. The summed E-state index contributed by atoms with van der Waals surface area (Å²) in [5.74, 6) is 0.455. The largest absolute Gasteiger partial charge is 0.490 e. The van der Waals surface area contributed by atoms with E-state index < -0.39 is 17.2 Å². The Labute approximate surface area is 206 Å². The van der Waals surface area contributed by atoms with E-state index in [1.165, 1.54) is 0 Å². The van der Waals surface area contributed by atoms with Gasteiger partial charge in [0.25, 0.3) is 5.91 Å². The van der Waals surface area contributed by atoms with Gasteiger partial charge in [-0.3, -0.25) is 14.5 Å². The number of nitrogens with zero attached hydrogens (tertiary/aromatic N) is 2. The minimum Gasteiger partial charge on any atom is -0.490 e. The van der Waals surface area contributed by atoms with Gasteiger partial charge in [-0.1, -0.05) is 44.2 Å². The molecule has 0 aromatic heterocycles. The summed E-state index contributed by atoms with van der Waals surface area (Å²) in [5.41, 5.74) is 6.45. The summed E-state index contributed by atoms with van der Waals surface area (Å²) in [5, 5.41) is 13.9. The third-order valence-electron chi connectivity index (χ3n) is 7.07. The van der Waals surface area contributed by atoms with Crippen LogP contribution in [0.4, 0.5) is 0 Å². The standard InChI is InChI=1S/C27H34N4O4/c1-5-20(31-22(32)15-26(3,6-2)30-25(31)28)17-10-9-11-18(14-17)24(33)29-23-19-12-7-8-13-21(19)35-16-27(23,4)34/h7-14,20,23,34H,5-6,15-16H2,1-4H3,(H2,28,30)(H,29,33)/t20?,23-,26?,27-/m1/s1. The maximum absolute atomic E-state index is 13.3. The molecule has 8 nitrogen and oxygen atoms in total. The van der Waals surface area contributed by atoms with E-state index in [0.717, 1.165) is 17.5 Å². The fraction of sp³-hybridized carbons (Fsp3) is 0.444. The molecule has 186 valence electrons. The van der Waals surface area contributed by atoms with Crippen molar-refractivity contribution in [3.63, 3.8) is 0 Å². The molecule has 2 unspecified atom stereocenters. The number of guanidine groups is 1. The summed E-state index contributed by atoms with van der Waals surface area (Å²) in [7, 11) is 0. The monoisotopic (exact) mass is 478 g/mol. The van der Waals surface area contributed by atoms with Crippen LogP contribution in [-0.2, 0) is 4.79 Å². The highest BCUT2D eigenvalue weighted by Gasteiger charge is 2.41. The number of amides is 2. The van der Waals surface area contributed by atoms with Gasteiger partial charge in [-0.25, -0.2) is 4.99 Å². The number of carbonyl (C=O) groups is 2. The molecule has 0 saturated heterocycles. The maximum atomic E-state index is 13.3. The highest BCUT2D eigenvalue weighted by Crippen LogP contribution is 2.38. The van der Waals surface area contributed by atoms with Crippen LogP contribution in [0.2, 0.25) is 0 Å². The molecule has 0 bridgehead atoms. The number of fused-ring (bicyclic) bond motifs is 1. The molecule has 2 aromatic rings. The average molecular weight is 479 g/mol. The summed E-state index contributed by atoms with van der Waals surface area (Å²) in [4.78, 5) is 32.5. The van der Waals surface area contributed by atoms with Crippen LogP contribution in [0.5, 0.6) is 5.75 Å². The van der Waals surface area contributed by atoms with Crippen LogP contribution in [0.15, 0.2) is 53.5 Å². The van der Waals surface area contributed by atoms with Crippen molar-refractivity contribution in [2.75, 3.05) is 6.61 Å². The first-order chi connectivity index (χ1) is 16.6. The predicted molar refractivity (Wildman–Crippen MR) is 134 cm³/mol. The highest BCUT2D eigenvalue weighted by molar-refractivity contribution is 5.99. The van der Waals surface area contributed by atoms with E-state index in [4.69, 9.17) is 10.5 Å². The van der Waals surface area contributed by atoms with Crippen molar-refractivity contribution >= 4 is 17.8 Å². The van der Waals surface area contributed by atoms with Crippen LogP contribution >= 0.6 is 0 Å². The number of nitrogens with one attached hydrogen (secondary N) is 1. The number of aliphatic hydroxyl groups is 1. The molecular formula is C27H34N4O4. The molecule has 35 heavy (non-hydrogen) atoms. The lowest BCUT2D eigenvalue weighted by Gasteiger charge is -2.39. The van der Waals surface area contributed by atoms with Crippen LogP contribution in [0.1, 0.15) is 80.5 Å². The fourth-order valence-electron chi connectivity index (χ4n) is 4.84. The van der Waals surface area contributed by atoms with Crippen molar-refractivity contribution < 1.29 is 19.4 Å². The lowest BCUT2D eigenvalue weighted by molar-refractivity contribution is -0.131. The molecule has 0 fully saturated rings. The smallest absolute Gasteiger partial charge is 0.251 e. The van der Waals surface area contributed by atoms with Crippen LogP contribution in [0.3, 0.4) is 0 Å². The number of ether oxygens (including phenoxy) is 1. The molecule has 8 heteroatoms. The van der Waals surface area contributed by atoms with Crippen LogP contribution in [0.25, 0.3) is 0 Å². The van der Waals surface area contributed by atoms with Crippen molar-refractivity contribution in [1.29, 1.82) is 0 Å². The topological polar surface area (TPSA) is 117 Å². The van der Waals surface area contributed by atoms with Crippen LogP contribution in [-0.4, -0.2) is 45.5 Å². The molecule has 2 aliphatic heterocycles. The number of benzene rings is 2. The Morgan fingerprint density at radius 3 is 2.69 bits per heavy atom. The third-order valence-corrected chi connectivity index (χ3v) is 7.07. The Bertz CT molecular complexity index is 1160. The number of aliphatic imine (C=N–C) groups is 1. The number of hydrogen-bond acceptors (Lipinski definition) is 6. The zero-order valence-corrected chi connectivity index (χ0v) is 20.7. The molecule has 0 saturated carbocycles. The average Bonchev–Trinajstić information content (AvgIpc) is 2.83. The van der Waals surface area contributed by atoms with Crippen molar-refractivity contribution in [3.8, 4) is 5.75 Å². The lowest BCUT2D eigenvalue weighted by Crippen LogP contribution is -2.51. The predicted octanol–water partition coefficient (Wildman–Crippen LogP) is 3.47. The number of para-hydroxylation sites is 1. The molecule has 4 atom stereocenters. The second-order valence-electron chi connectivity index (χ2n) is 9.90. The molecular weight excluding hydrogens is 444 g/mol. The first-order valence-corrected chi connectivity index (χ1v) is 12.1. The molecule has 0 spiro atoms. The van der Waals surface area contributed by atoms with Gasteiger partial charge in [0.05, 0.1) is 24.0 Å². The van der Waals surface area contributed by atoms with Crippen molar-refractivity contribution in [2.24, 2.45) is 10.7 Å². The first-order valence-electron chi connectivity index (χ1n) is 12.1. The molecule has 4 N–H and O–H groups in total. The number of hydrogen-bond donors (Lipinski definition) is 3. The molecule has 2 amide bonds. The number of rotatable bonds is 6. The van der Waals surface area contributed by atoms with E-state index >= 15 is 0 Å². The van der Waals surface area contributed by atoms with Gasteiger partial charge in [0.1, 0.15) is 18.0 Å². The molecule has 4 rings (SSSR count). The quantitative estimate of drug-likeness (QED) is 0.588. The Hall–Kier alpha value is -3.39. The van der Waals surface area contributed by atoms with Gasteiger partial charge in [0.2, 0.25) is 5.91 Å². The van der Waals surface area contributed by atoms with Gasteiger partial charge < -0.3 is 20.9 Å². The minimum atomic E-state index is -1.27. The SMILES string of the molecule is CCC(c1cccc(C(=O)N[C@@H]2c3ccccc3OC[C@@]2(C)O)c1)N1C(=O)CC(C)(CC)N=C1N. The van der Waals surface area contributed by atoms with Gasteiger partial charge in [0, 0.05) is 11.1 Å². The van der Waals surface area contributed by atoms with Crippen molar-refractivity contribution in [1.82, 2.24) is 10.2 Å². The van der Waals surface area contributed by atoms with Gasteiger partial charge in [-0.05, 0) is 50.5 Å². The minimum absolute atomic E-state index is 0.0687. The number of carbonyl (C=O) groups excluding carboxylic acids is 2. The van der Waals surface area contributed by atoms with E-state index in [2.05, 4.69) is 10.3 Å². The summed E-state index contributed by atoms with van der Waals surface area (Å²) in [6, 6.07) is 13.6. The molecule has 0 aliphatic carbocycles. The Balaban J connectivity index is 1.61. The first kappa shape index (κ1) is 24.7. The Kier molecular flexibility index (Phi) is 6.60. The van der Waals surface area contributed by atoms with Crippen molar-refractivity contribution in [3.05, 3.63) is 65.2 Å². The Morgan fingerprint density at radius 2 is 2.00 bits per heavy atom. The van der Waals surface area contributed by atoms with E-state index in [9.17, 15) is 14.7 Å². The van der Waals surface area contributed by atoms with Crippen LogP contribution < -0.4 is 15.8 Å². The van der Waals surface area contributed by atoms with Gasteiger partial charge in [0.15, 0.2) is 5.96 Å². The summed E-state index contributed by atoms with van der Waals surface area (Å²) < 4.78 is 5.67. The van der Waals surface area contributed by atoms with Crippen molar-refractivity contribution in [2.45, 2.75) is 70.2 Å². The third kappa shape index (κ3) is 4.75. The summed E-state index contributed by atoms with van der Waals surface area (Å²) >= 11 is 0. The van der Waals surface area contributed by atoms with Gasteiger partial charge in [-0.15, -0.1) is 0 Å². The summed E-state index contributed by atoms with van der Waals surface area (Å²) in [6.07, 6.45) is 1.62. The van der Waals surface area contributed by atoms with Crippen LogP contribution in [0, 0.1) is 0 Å². The van der Waals surface area contributed by atoms with E-state index in [0.29, 0.717) is 24.2 Å². The normalized spacial score (nSPS) is 26.9. The van der Waals surface area contributed by atoms with E-state index in [1.807, 2.05) is 51.1 Å². The molecule has 2 aromatic carbocycles. The Morgan fingerprint density at radius 1 is 1.26 bits per heavy atom. The maximum Gasteiger partial charge on any atom is 0.251 e. The zero-order valence-electron chi connectivity index (χ0n) is 20.7. The molecule has 0 radical (unpaired) electrons. The number of nitrogens with two attached hydrogens (primary N) is 1. The molecule has 2 heterocycles. The highest BCUT2D eigenvalue weighted by atomic mass is 16.5.